The first-order chi connectivity index (χ1) is 23.7. The fraction of sp³-hybridized carbons (Fsp3) is 0.447. The molecule has 10 nitrogen and oxygen atoms in total. The molecular formula is C38H52N2O8S2. The van der Waals surface area contributed by atoms with Crippen LogP contribution in [0.15, 0.2) is 76.0 Å². The second-order valence-electron chi connectivity index (χ2n) is 12.5. The van der Waals surface area contributed by atoms with Crippen LogP contribution in [0.2, 0.25) is 0 Å². The minimum atomic E-state index is -4.02. The third-order valence-corrected chi connectivity index (χ3v) is 10.4. The fourth-order valence-electron chi connectivity index (χ4n) is 5.23. The number of ketones is 1. The van der Waals surface area contributed by atoms with Gasteiger partial charge in [-0.15, -0.1) is 0 Å². The van der Waals surface area contributed by atoms with Gasteiger partial charge in [0.1, 0.15) is 23.7 Å². The molecule has 274 valence electrons. The summed E-state index contributed by atoms with van der Waals surface area (Å²) in [6.07, 6.45) is 8.39. The molecule has 12 heteroatoms. The van der Waals surface area contributed by atoms with Gasteiger partial charge in [0.05, 0.1) is 22.4 Å². The number of carbonyl (C=O) groups excluding carboxylic acids is 1. The molecule has 1 aromatic heterocycles. The highest BCUT2D eigenvalue weighted by atomic mass is 32.2. The number of hydrogen-bond donors (Lipinski definition) is 1. The molecule has 0 fully saturated rings. The number of furan rings is 1. The highest BCUT2D eigenvalue weighted by molar-refractivity contribution is 7.92. The van der Waals surface area contributed by atoms with Gasteiger partial charge < -0.3 is 9.15 Å². The fourth-order valence-corrected chi connectivity index (χ4v) is 6.21. The average molecular weight is 729 g/mol. The van der Waals surface area contributed by atoms with Gasteiger partial charge >= 0.3 is 0 Å². The summed E-state index contributed by atoms with van der Waals surface area (Å²) in [6, 6.07) is 18.4. The molecule has 1 heterocycles. The van der Waals surface area contributed by atoms with Crippen molar-refractivity contribution >= 4 is 42.6 Å². The minimum Gasteiger partial charge on any atom is -0.492 e. The van der Waals surface area contributed by atoms with E-state index < -0.39 is 20.1 Å². The standard InChI is InChI=1S/C31H44N2O5S.C7H8O3S/c1-6-9-12-29-30(27-23-25(15-18-28(27)38-29)32(4)39(5,35)36)31(34)24-13-16-26(17-14-24)37-22-21-33(19-10-7-2)20-11-8-3;1-6-2-4-7(5-3-6)11(8,9)10/h13-18,23H,6-12,19-22H2,1-5H3;2-5H,1H3,(H,8,9,10). The van der Waals surface area contributed by atoms with Gasteiger partial charge in [0.15, 0.2) is 5.78 Å². The van der Waals surface area contributed by atoms with E-state index in [9.17, 15) is 21.6 Å². The molecule has 0 aliphatic carbocycles. The molecule has 0 saturated heterocycles. The van der Waals surface area contributed by atoms with Crippen molar-refractivity contribution in [3.8, 4) is 5.75 Å². The lowest BCUT2D eigenvalue weighted by atomic mass is 9.98. The van der Waals surface area contributed by atoms with Crippen LogP contribution in [0.1, 0.15) is 86.5 Å². The van der Waals surface area contributed by atoms with Gasteiger partial charge in [-0.05, 0) is 93.9 Å². The molecule has 3 aromatic carbocycles. The highest BCUT2D eigenvalue weighted by Gasteiger charge is 2.23. The monoisotopic (exact) mass is 728 g/mol. The van der Waals surface area contributed by atoms with Crippen LogP contribution in [0.5, 0.6) is 5.75 Å². The Morgan fingerprint density at radius 1 is 0.820 bits per heavy atom. The molecule has 0 bridgehead atoms. The first-order valence-corrected chi connectivity index (χ1v) is 20.5. The van der Waals surface area contributed by atoms with Gasteiger partial charge in [0, 0.05) is 31.0 Å². The van der Waals surface area contributed by atoms with Gasteiger partial charge in [-0.3, -0.25) is 18.6 Å². The van der Waals surface area contributed by atoms with Crippen LogP contribution >= 0.6 is 0 Å². The molecule has 4 aromatic rings. The van der Waals surface area contributed by atoms with Crippen LogP contribution in [0.25, 0.3) is 11.0 Å². The first-order valence-electron chi connectivity index (χ1n) is 17.2. The van der Waals surface area contributed by atoms with Gasteiger partial charge in [-0.1, -0.05) is 57.7 Å². The second kappa shape index (κ2) is 19.1. The molecule has 0 radical (unpaired) electrons. The maximum absolute atomic E-state index is 13.8. The summed E-state index contributed by atoms with van der Waals surface area (Å²) < 4.78 is 67.1. The lowest BCUT2D eigenvalue weighted by Crippen LogP contribution is -2.30. The third-order valence-electron chi connectivity index (χ3n) is 8.36. The molecule has 0 spiro atoms. The molecule has 0 aliphatic rings. The molecule has 0 saturated carbocycles. The zero-order chi connectivity index (χ0) is 36.9. The molecular weight excluding hydrogens is 677 g/mol. The van der Waals surface area contributed by atoms with Gasteiger partial charge in [-0.25, -0.2) is 8.42 Å². The van der Waals surface area contributed by atoms with Crippen LogP contribution in [-0.2, 0) is 26.6 Å². The maximum Gasteiger partial charge on any atom is 0.294 e. The van der Waals surface area contributed by atoms with Gasteiger partial charge in [0.25, 0.3) is 10.1 Å². The Bertz CT molecular complexity index is 1880. The van der Waals surface area contributed by atoms with Crippen LogP contribution in [0, 0.1) is 6.92 Å². The van der Waals surface area contributed by atoms with Crippen molar-refractivity contribution in [2.45, 2.75) is 77.5 Å². The topological polar surface area (TPSA) is 134 Å². The molecule has 50 heavy (non-hydrogen) atoms. The van der Waals surface area contributed by atoms with Crippen molar-refractivity contribution in [1.29, 1.82) is 0 Å². The number of hydrogen-bond acceptors (Lipinski definition) is 8. The van der Waals surface area contributed by atoms with Crippen molar-refractivity contribution in [2.75, 3.05) is 43.8 Å². The Morgan fingerprint density at radius 2 is 1.42 bits per heavy atom. The third kappa shape index (κ3) is 12.0. The molecule has 0 unspecified atom stereocenters. The van der Waals surface area contributed by atoms with E-state index >= 15 is 0 Å². The number of unbranched alkanes of at least 4 members (excludes halogenated alkanes) is 3. The Hall–Kier alpha value is -3.71. The lowest BCUT2D eigenvalue weighted by Gasteiger charge is -2.22. The average Bonchev–Trinajstić information content (AvgIpc) is 3.45. The van der Waals surface area contributed by atoms with Crippen LogP contribution in [0.4, 0.5) is 5.69 Å². The number of fused-ring (bicyclic) bond motifs is 1. The van der Waals surface area contributed by atoms with E-state index in [1.165, 1.54) is 49.2 Å². The number of benzene rings is 3. The summed E-state index contributed by atoms with van der Waals surface area (Å²) >= 11 is 0. The Labute approximate surface area is 298 Å². The normalized spacial score (nSPS) is 11.8. The molecule has 4 rings (SSSR count). The zero-order valence-electron chi connectivity index (χ0n) is 30.1. The van der Waals surface area contributed by atoms with Crippen LogP contribution in [-0.4, -0.2) is 71.6 Å². The van der Waals surface area contributed by atoms with E-state index in [4.69, 9.17) is 13.7 Å². The molecule has 0 amide bonds. The summed E-state index contributed by atoms with van der Waals surface area (Å²) in [5, 5.41) is 0.624. The largest absolute Gasteiger partial charge is 0.492 e. The summed E-state index contributed by atoms with van der Waals surface area (Å²) in [5.74, 6) is 1.23. The van der Waals surface area contributed by atoms with Crippen molar-refractivity contribution < 1.29 is 35.3 Å². The van der Waals surface area contributed by atoms with E-state index in [1.54, 1.807) is 42.5 Å². The van der Waals surface area contributed by atoms with Crippen LogP contribution in [0.3, 0.4) is 0 Å². The van der Waals surface area contributed by atoms with E-state index in [0.29, 0.717) is 46.6 Å². The minimum absolute atomic E-state index is 0.0666. The van der Waals surface area contributed by atoms with Crippen LogP contribution < -0.4 is 9.04 Å². The number of rotatable bonds is 18. The SMILES string of the molecule is CCCCc1oc2ccc(N(C)S(C)(=O)=O)cc2c1C(=O)c1ccc(OCCN(CCCC)CCCC)cc1.Cc1ccc(S(=O)(=O)O)cc1. The van der Waals surface area contributed by atoms with E-state index in [0.717, 1.165) is 50.0 Å². The quantitative estimate of drug-likeness (QED) is 0.0801. The smallest absolute Gasteiger partial charge is 0.294 e. The van der Waals surface area contributed by atoms with Crippen molar-refractivity contribution in [1.82, 2.24) is 4.90 Å². The first kappa shape index (κ1) is 40.7. The Morgan fingerprint density at radius 3 is 1.96 bits per heavy atom. The summed E-state index contributed by atoms with van der Waals surface area (Å²) in [7, 11) is -5.96. The number of anilines is 1. The Kier molecular flexibility index (Phi) is 15.5. The predicted octanol–water partition coefficient (Wildman–Crippen LogP) is 7.92. The Balaban J connectivity index is 0.000000521. The van der Waals surface area contributed by atoms with Crippen molar-refractivity contribution in [3.63, 3.8) is 0 Å². The number of ether oxygens (including phenoxy) is 1. The maximum atomic E-state index is 13.8. The molecule has 1 N–H and O–H groups in total. The highest BCUT2D eigenvalue weighted by Crippen LogP contribution is 2.33. The summed E-state index contributed by atoms with van der Waals surface area (Å²) in [4.78, 5) is 16.2. The van der Waals surface area contributed by atoms with E-state index in [2.05, 4.69) is 25.7 Å². The number of sulfonamides is 1. The number of carbonyl (C=O) groups is 1. The molecule has 0 atom stereocenters. The molecule has 0 aliphatic heterocycles. The number of aryl methyl sites for hydroxylation is 2. The number of nitrogens with zero attached hydrogens (tertiary/aromatic N) is 2. The van der Waals surface area contributed by atoms with Gasteiger partial charge in [-0.2, -0.15) is 8.42 Å². The van der Waals surface area contributed by atoms with Crippen molar-refractivity contribution in [3.05, 3.63) is 89.2 Å². The van der Waals surface area contributed by atoms with Gasteiger partial charge in [0.2, 0.25) is 10.0 Å². The zero-order valence-corrected chi connectivity index (χ0v) is 31.8. The van der Waals surface area contributed by atoms with E-state index in [-0.39, 0.29) is 10.7 Å². The van der Waals surface area contributed by atoms with Crippen molar-refractivity contribution in [2.24, 2.45) is 0 Å². The summed E-state index contributed by atoms with van der Waals surface area (Å²) in [6.45, 7) is 12.0. The van der Waals surface area contributed by atoms with E-state index in [1.807, 2.05) is 19.1 Å². The summed E-state index contributed by atoms with van der Waals surface area (Å²) in [5.41, 5.74) is 3.05. The lowest BCUT2D eigenvalue weighted by molar-refractivity contribution is 0.103. The second-order valence-corrected chi connectivity index (χ2v) is 15.9. The predicted molar refractivity (Wildman–Crippen MR) is 201 cm³/mol.